The number of hydrogen-bond donors (Lipinski definition) is 2. The molecule has 7 heterocycles. The monoisotopic (exact) mass is 937 g/mol. The average molecular weight is 938 g/mol. The molecule has 5 aromatic heterocycles. The van der Waals surface area contributed by atoms with Crippen LogP contribution in [0, 0.1) is 31.4 Å². The number of aromatic amines is 1. The molecule has 1 spiro atoms. The van der Waals surface area contributed by atoms with E-state index >= 15 is 13.6 Å². The second-order valence-electron chi connectivity index (χ2n) is 20.8. The molecule has 3 aromatic carbocycles. The summed E-state index contributed by atoms with van der Waals surface area (Å²) in [5.74, 6) is -1.01. The number of amides is 1. The summed E-state index contributed by atoms with van der Waals surface area (Å²) in [6.07, 6.45) is 7.84. The van der Waals surface area contributed by atoms with Crippen LogP contribution in [0.15, 0.2) is 81.2 Å². The Morgan fingerprint density at radius 1 is 0.928 bits per heavy atom. The Morgan fingerprint density at radius 2 is 1.65 bits per heavy atom. The lowest BCUT2D eigenvalue weighted by Gasteiger charge is -2.52. The first-order valence-corrected chi connectivity index (χ1v) is 23.6. The van der Waals surface area contributed by atoms with Crippen molar-refractivity contribution >= 4 is 27.7 Å². The van der Waals surface area contributed by atoms with Gasteiger partial charge in [0.15, 0.2) is 11.6 Å². The molecule has 1 amide bonds. The van der Waals surface area contributed by atoms with Crippen molar-refractivity contribution < 1.29 is 22.8 Å². The van der Waals surface area contributed by atoms with Gasteiger partial charge < -0.3 is 19.9 Å². The molecule has 3 N–H and O–H groups in total. The number of halogens is 2. The van der Waals surface area contributed by atoms with Gasteiger partial charge in [-0.3, -0.25) is 28.1 Å². The smallest absolute Gasteiger partial charge is 0.376 e. The van der Waals surface area contributed by atoms with Gasteiger partial charge in [-0.2, -0.15) is 10.2 Å². The van der Waals surface area contributed by atoms with Crippen LogP contribution in [-0.2, 0) is 22.7 Å². The molecule has 16 nitrogen and oxygen atoms in total. The molecule has 3 fully saturated rings. The average Bonchev–Trinajstić information content (AvgIpc) is 3.94. The highest BCUT2D eigenvalue weighted by Crippen LogP contribution is 2.57. The summed E-state index contributed by atoms with van der Waals surface area (Å²) in [5.41, 5.74) is 9.76. The van der Waals surface area contributed by atoms with Gasteiger partial charge in [0, 0.05) is 60.5 Å². The number of carbonyl (C=O) groups excluding carboxylic acids is 1. The summed E-state index contributed by atoms with van der Waals surface area (Å²) in [6, 6.07) is 14.1. The van der Waals surface area contributed by atoms with Gasteiger partial charge in [-0.05, 0) is 138 Å². The van der Waals surface area contributed by atoms with Crippen molar-refractivity contribution in [1.82, 2.24) is 48.3 Å². The summed E-state index contributed by atoms with van der Waals surface area (Å²) < 4.78 is 50.8. The third-order valence-electron chi connectivity index (χ3n) is 15.8. The number of fused-ring (bicyclic) bond motifs is 4. The highest BCUT2D eigenvalue weighted by Gasteiger charge is 2.60. The number of nitrogens with zero attached hydrogens (tertiary/aromatic N) is 9. The maximum Gasteiger partial charge on any atom is 0.438 e. The second kappa shape index (κ2) is 14.8. The number of nitrogens with one attached hydrogen (secondary N) is 1. The van der Waals surface area contributed by atoms with E-state index in [9.17, 15) is 9.59 Å². The summed E-state index contributed by atoms with van der Waals surface area (Å²) in [5, 5.41) is 14.9. The number of ether oxygens (including phenoxy) is 1. The largest absolute Gasteiger partial charge is 0.438 e. The number of benzene rings is 3. The van der Waals surface area contributed by atoms with Gasteiger partial charge in [0.25, 0.3) is 5.91 Å². The standard InChI is InChI=1S/C51H53F2N11O5/c1-26-16-34(17-27(2)41(26)52)64-44(61-14-13-60(48(61)67)38-11-10-37-35(42(38)53)24-55-59(37)7)40-29(4)62(25-50(43(40)57-64)22-33(54)23-50)45(65)39-19-32-18-30(31-12-15-68-49(5,6)21-31)8-9-36(32)63(39)51(20-28(51)3)46-56-47(66)69-58-46/h8-11,13-14,16-19,24,28-29,31,33H,12,15,20-23,25,54H2,1-7H3,(H,56,58,66)/t28-,29-,31-,33?,50?,51-/m0/s1. The van der Waals surface area contributed by atoms with Crippen molar-refractivity contribution in [3.8, 4) is 17.2 Å². The van der Waals surface area contributed by atoms with E-state index in [0.29, 0.717) is 76.8 Å². The van der Waals surface area contributed by atoms with E-state index in [-0.39, 0.29) is 52.8 Å². The zero-order valence-corrected chi connectivity index (χ0v) is 39.5. The maximum atomic E-state index is 16.3. The van der Waals surface area contributed by atoms with Crippen LogP contribution in [0.4, 0.5) is 8.78 Å². The maximum absolute atomic E-state index is 16.3. The fraction of sp³-hybridized carbons (Fsp3) is 0.412. The first-order chi connectivity index (χ1) is 32.9. The number of H-pyrrole nitrogens is 1. The third kappa shape index (κ3) is 6.29. The molecule has 18 heteroatoms. The van der Waals surface area contributed by atoms with Crippen LogP contribution >= 0.6 is 0 Å². The van der Waals surface area contributed by atoms with Gasteiger partial charge in [0.2, 0.25) is 0 Å². The van der Waals surface area contributed by atoms with Crippen LogP contribution < -0.4 is 17.2 Å². The molecule has 12 rings (SSSR count). The van der Waals surface area contributed by atoms with Gasteiger partial charge in [-0.15, -0.1) is 0 Å². The predicted molar refractivity (Wildman–Crippen MR) is 252 cm³/mol. The number of aromatic nitrogens is 9. The molecule has 69 heavy (non-hydrogen) atoms. The van der Waals surface area contributed by atoms with Crippen molar-refractivity contribution in [2.45, 2.75) is 108 Å². The molecule has 4 aliphatic rings. The molecule has 0 radical (unpaired) electrons. The minimum atomic E-state index is -0.888. The fourth-order valence-electron chi connectivity index (χ4n) is 12.3. The van der Waals surface area contributed by atoms with Crippen LogP contribution in [0.5, 0.6) is 0 Å². The number of carbonyl (C=O) groups is 1. The zero-order chi connectivity index (χ0) is 48.2. The van der Waals surface area contributed by atoms with Crippen LogP contribution in [0.1, 0.15) is 116 Å². The molecule has 1 saturated heterocycles. The lowest BCUT2D eigenvalue weighted by Crippen LogP contribution is -2.59. The van der Waals surface area contributed by atoms with Crippen molar-refractivity contribution in [2.24, 2.45) is 18.7 Å². The Kier molecular flexibility index (Phi) is 9.30. The predicted octanol–water partition coefficient (Wildman–Crippen LogP) is 7.26. The quantitative estimate of drug-likeness (QED) is 0.166. The molecule has 0 unspecified atom stereocenters. The van der Waals surface area contributed by atoms with E-state index in [1.165, 1.54) is 21.5 Å². The fourth-order valence-corrected chi connectivity index (χ4v) is 12.3. The molecular formula is C51H53F2N11O5. The van der Waals surface area contributed by atoms with Gasteiger partial charge in [0.1, 0.15) is 22.9 Å². The zero-order valence-electron chi connectivity index (χ0n) is 39.5. The van der Waals surface area contributed by atoms with Gasteiger partial charge in [0.05, 0.1) is 45.8 Å². The Morgan fingerprint density at radius 3 is 2.33 bits per heavy atom. The Hall–Kier alpha value is -6.92. The van der Waals surface area contributed by atoms with Crippen molar-refractivity contribution in [3.63, 3.8) is 0 Å². The number of hydrogen-bond acceptors (Lipinski definition) is 9. The molecule has 8 aromatic rings. The molecule has 356 valence electrons. The van der Waals surface area contributed by atoms with Crippen LogP contribution in [-0.4, -0.2) is 79.0 Å². The number of aryl methyl sites for hydroxylation is 3. The van der Waals surface area contributed by atoms with Gasteiger partial charge in [-0.1, -0.05) is 18.1 Å². The van der Waals surface area contributed by atoms with E-state index in [1.807, 2.05) is 22.5 Å². The summed E-state index contributed by atoms with van der Waals surface area (Å²) in [4.78, 5) is 48.2. The molecule has 4 atom stereocenters. The van der Waals surface area contributed by atoms with E-state index in [1.54, 1.807) is 60.7 Å². The van der Waals surface area contributed by atoms with E-state index in [4.69, 9.17) is 20.1 Å². The van der Waals surface area contributed by atoms with Crippen LogP contribution in [0.2, 0.25) is 0 Å². The number of nitrogens with two attached hydrogens (primary N) is 1. The van der Waals surface area contributed by atoms with Crippen molar-refractivity contribution in [2.75, 3.05) is 13.2 Å². The lowest BCUT2D eigenvalue weighted by atomic mass is 9.60. The highest BCUT2D eigenvalue weighted by atomic mass is 19.1. The van der Waals surface area contributed by atoms with Gasteiger partial charge in [-0.25, -0.2) is 23.1 Å². The van der Waals surface area contributed by atoms with Crippen molar-refractivity contribution in [3.05, 3.63) is 139 Å². The van der Waals surface area contributed by atoms with Crippen LogP contribution in [0.25, 0.3) is 39.0 Å². The van der Waals surface area contributed by atoms with E-state index < -0.39 is 34.3 Å². The number of imidazole rings is 1. The van der Waals surface area contributed by atoms with Crippen molar-refractivity contribution in [1.29, 1.82) is 0 Å². The first kappa shape index (κ1) is 43.4. The molecule has 2 aliphatic carbocycles. The van der Waals surface area contributed by atoms with Gasteiger partial charge >= 0.3 is 11.4 Å². The third-order valence-corrected chi connectivity index (χ3v) is 15.8. The van der Waals surface area contributed by atoms with Crippen LogP contribution in [0.3, 0.4) is 0 Å². The molecule has 2 saturated carbocycles. The second-order valence-corrected chi connectivity index (χ2v) is 20.8. The molecule has 0 bridgehead atoms. The van der Waals surface area contributed by atoms with E-state index in [0.717, 1.165) is 29.3 Å². The normalized spacial score (nSPS) is 25.2. The topological polar surface area (TPSA) is 182 Å². The summed E-state index contributed by atoms with van der Waals surface area (Å²) in [7, 11) is 1.72. The van der Waals surface area contributed by atoms with E-state index in [2.05, 4.69) is 54.2 Å². The summed E-state index contributed by atoms with van der Waals surface area (Å²) in [6.45, 7) is 12.5. The molecular weight excluding hydrogens is 885 g/mol. The first-order valence-electron chi connectivity index (χ1n) is 23.6. The lowest BCUT2D eigenvalue weighted by molar-refractivity contribution is -0.0592. The Balaban J connectivity index is 1.05. The minimum Gasteiger partial charge on any atom is -0.376 e. The Labute approximate surface area is 394 Å². The minimum absolute atomic E-state index is 0.0233. The summed E-state index contributed by atoms with van der Waals surface area (Å²) >= 11 is 0. The Bertz CT molecular complexity index is 3560. The number of rotatable bonds is 7. The SMILES string of the molecule is Cc1cc(-n2nc3c(c2-n2ccn(-c4ccc5c(cnn5C)c4F)c2=O)[C@H](C)N(C(=O)c2cc4cc([C@H]5CCOC(C)(C)C5)ccc4n2[C@@]2(c4noc(=O)[nH]4)C[C@@H]2C)CC32CC(N)C2)cc(C)c1F. The highest BCUT2D eigenvalue weighted by molar-refractivity contribution is 6.00. The molecule has 2 aliphatic heterocycles.